The summed E-state index contributed by atoms with van der Waals surface area (Å²) < 4.78 is 20.8. The third-order valence-electron chi connectivity index (χ3n) is 6.35. The second kappa shape index (κ2) is 9.53. The zero-order valence-corrected chi connectivity index (χ0v) is 18.8. The van der Waals surface area contributed by atoms with Gasteiger partial charge in [-0.1, -0.05) is 54.5 Å². The molecular formula is C25H30FN5O. The zero-order chi connectivity index (χ0) is 22.7. The summed E-state index contributed by atoms with van der Waals surface area (Å²) >= 11 is 0. The van der Waals surface area contributed by atoms with E-state index in [0.29, 0.717) is 23.2 Å². The van der Waals surface area contributed by atoms with Crippen LogP contribution in [-0.2, 0) is 0 Å². The molecule has 6 nitrogen and oxygen atoms in total. The topological polar surface area (TPSA) is 70.9 Å². The Bertz CT molecular complexity index is 1070. The summed E-state index contributed by atoms with van der Waals surface area (Å²) in [6, 6.07) is 15.5. The molecule has 1 aromatic heterocycles. The van der Waals surface area contributed by atoms with Crippen LogP contribution in [0.3, 0.4) is 0 Å². The molecule has 1 saturated heterocycles. The first kappa shape index (κ1) is 22.0. The van der Waals surface area contributed by atoms with Gasteiger partial charge in [0.15, 0.2) is 5.76 Å². The van der Waals surface area contributed by atoms with Crippen molar-refractivity contribution in [1.29, 1.82) is 0 Å². The Labute approximate surface area is 188 Å². The average molecular weight is 436 g/mol. The second-order valence-corrected chi connectivity index (χ2v) is 8.51. The van der Waals surface area contributed by atoms with Crippen molar-refractivity contribution in [3.05, 3.63) is 65.7 Å². The van der Waals surface area contributed by atoms with Crippen LogP contribution in [0.2, 0.25) is 0 Å². The average Bonchev–Trinajstić information content (AvgIpc) is 3.23. The van der Waals surface area contributed by atoms with Crippen LogP contribution in [0.15, 0.2) is 58.0 Å². The van der Waals surface area contributed by atoms with E-state index in [1.165, 1.54) is 6.34 Å². The minimum absolute atomic E-state index is 0.190. The molecule has 1 aliphatic heterocycles. The number of aromatic nitrogens is 1. The fourth-order valence-corrected chi connectivity index (χ4v) is 4.44. The number of piperidine rings is 1. The Balaban J connectivity index is 1.64. The number of nitrogens with zero attached hydrogens (tertiary/aromatic N) is 4. The van der Waals surface area contributed by atoms with Crippen LogP contribution in [0.4, 0.5) is 15.9 Å². The summed E-state index contributed by atoms with van der Waals surface area (Å²) in [6.07, 6.45) is 3.31. The van der Waals surface area contributed by atoms with E-state index in [1.54, 1.807) is 6.07 Å². The summed E-state index contributed by atoms with van der Waals surface area (Å²) in [4.78, 5) is 8.76. The number of halogens is 1. The van der Waals surface area contributed by atoms with Crippen LogP contribution >= 0.6 is 0 Å². The summed E-state index contributed by atoms with van der Waals surface area (Å²) in [5.41, 5.74) is 8.67. The molecule has 168 valence electrons. The maximum Gasteiger partial charge on any atom is 0.220 e. The number of aliphatic imine (C=N–C) groups is 1. The van der Waals surface area contributed by atoms with Gasteiger partial charge in [-0.15, -0.1) is 0 Å². The number of rotatable bonds is 6. The molecule has 1 aliphatic rings. The van der Waals surface area contributed by atoms with E-state index in [4.69, 9.17) is 10.3 Å². The van der Waals surface area contributed by atoms with Crippen molar-refractivity contribution in [3.63, 3.8) is 0 Å². The Morgan fingerprint density at radius 1 is 1.19 bits per heavy atom. The number of nitrogens with two attached hydrogens (primary N) is 1. The van der Waals surface area contributed by atoms with Crippen molar-refractivity contribution < 1.29 is 8.91 Å². The number of anilines is 1. The molecule has 3 aromatic rings. The molecule has 0 amide bonds. The van der Waals surface area contributed by atoms with E-state index in [1.807, 2.05) is 49.4 Å². The molecule has 2 heterocycles. The molecule has 1 unspecified atom stereocenters. The maximum absolute atomic E-state index is 15.0. The van der Waals surface area contributed by atoms with Gasteiger partial charge in [0.2, 0.25) is 5.82 Å². The summed E-state index contributed by atoms with van der Waals surface area (Å²) in [6.45, 7) is 3.75. The smallest absolute Gasteiger partial charge is 0.220 e. The lowest BCUT2D eigenvalue weighted by molar-refractivity contribution is 0.249. The highest BCUT2D eigenvalue weighted by Crippen LogP contribution is 2.41. The molecule has 0 bridgehead atoms. The number of hydrogen-bond donors (Lipinski definition) is 1. The van der Waals surface area contributed by atoms with Crippen molar-refractivity contribution in [2.75, 3.05) is 32.1 Å². The van der Waals surface area contributed by atoms with Gasteiger partial charge in [-0.2, -0.15) is 0 Å². The first-order valence-electron chi connectivity index (χ1n) is 11.0. The summed E-state index contributed by atoms with van der Waals surface area (Å²) in [7, 11) is 4.23. The van der Waals surface area contributed by atoms with Gasteiger partial charge in [-0.25, -0.2) is 9.38 Å². The summed E-state index contributed by atoms with van der Waals surface area (Å²) in [5.74, 6) is 0.707. The third kappa shape index (κ3) is 4.39. The fourth-order valence-electron chi connectivity index (χ4n) is 4.44. The van der Waals surface area contributed by atoms with Gasteiger partial charge in [0.05, 0.1) is 6.34 Å². The van der Waals surface area contributed by atoms with Crippen LogP contribution in [-0.4, -0.2) is 49.6 Å². The van der Waals surface area contributed by atoms with E-state index < -0.39 is 0 Å². The molecule has 4 rings (SSSR count). The molecule has 0 aliphatic carbocycles. The quantitative estimate of drug-likeness (QED) is 0.446. The van der Waals surface area contributed by atoms with Gasteiger partial charge in [-0.3, -0.25) is 0 Å². The second-order valence-electron chi connectivity index (χ2n) is 8.51. The van der Waals surface area contributed by atoms with Gasteiger partial charge >= 0.3 is 0 Å². The van der Waals surface area contributed by atoms with E-state index in [9.17, 15) is 0 Å². The predicted octanol–water partition coefficient (Wildman–Crippen LogP) is 4.78. The number of benzene rings is 2. The highest BCUT2D eigenvalue weighted by atomic mass is 19.1. The van der Waals surface area contributed by atoms with Crippen molar-refractivity contribution in [3.8, 4) is 11.1 Å². The normalized spacial score (nSPS) is 16.2. The van der Waals surface area contributed by atoms with Crippen LogP contribution in [0.25, 0.3) is 11.1 Å². The molecule has 0 saturated carbocycles. The van der Waals surface area contributed by atoms with E-state index in [-0.39, 0.29) is 11.7 Å². The zero-order valence-electron chi connectivity index (χ0n) is 18.8. The molecule has 7 heteroatoms. The van der Waals surface area contributed by atoms with Crippen molar-refractivity contribution in [2.24, 2.45) is 10.7 Å². The minimum atomic E-state index is -0.256. The first-order chi connectivity index (χ1) is 15.5. The molecule has 2 N–H and O–H groups in total. The fraction of sp³-hybridized carbons (Fsp3) is 0.360. The van der Waals surface area contributed by atoms with E-state index in [2.05, 4.69) is 34.0 Å². The van der Waals surface area contributed by atoms with E-state index >= 15 is 4.39 Å². The molecular weight excluding hydrogens is 405 g/mol. The van der Waals surface area contributed by atoms with Gasteiger partial charge < -0.3 is 20.1 Å². The van der Waals surface area contributed by atoms with Crippen LogP contribution in [0.5, 0.6) is 0 Å². The Morgan fingerprint density at radius 3 is 2.53 bits per heavy atom. The highest BCUT2D eigenvalue weighted by Gasteiger charge is 2.30. The SMILES string of the molecule is CC(c1ccc(-c2ccccc2)c(F)c1)c1onc(N=CN)c1N1CCC(N(C)C)CC1. The first-order valence-corrected chi connectivity index (χ1v) is 11.0. The largest absolute Gasteiger partial charge is 0.390 e. The van der Waals surface area contributed by atoms with Crippen LogP contribution in [0, 0.1) is 5.82 Å². The minimum Gasteiger partial charge on any atom is -0.390 e. The lowest BCUT2D eigenvalue weighted by Crippen LogP contribution is -2.42. The Hall–Kier alpha value is -3.19. The van der Waals surface area contributed by atoms with Gasteiger partial charge in [0, 0.05) is 30.6 Å². The molecule has 1 fully saturated rings. The van der Waals surface area contributed by atoms with Crippen molar-refractivity contribution in [1.82, 2.24) is 10.1 Å². The Morgan fingerprint density at radius 2 is 1.91 bits per heavy atom. The molecule has 0 spiro atoms. The summed E-state index contributed by atoms with van der Waals surface area (Å²) in [5, 5.41) is 4.17. The van der Waals surface area contributed by atoms with Gasteiger partial charge in [0.1, 0.15) is 11.5 Å². The predicted molar refractivity (Wildman–Crippen MR) is 127 cm³/mol. The van der Waals surface area contributed by atoms with Crippen molar-refractivity contribution >= 4 is 17.8 Å². The van der Waals surface area contributed by atoms with Gasteiger partial charge in [0.25, 0.3) is 0 Å². The maximum atomic E-state index is 15.0. The Kier molecular flexibility index (Phi) is 6.55. The lowest BCUT2D eigenvalue weighted by atomic mass is 9.94. The van der Waals surface area contributed by atoms with E-state index in [0.717, 1.165) is 42.7 Å². The van der Waals surface area contributed by atoms with Crippen molar-refractivity contribution in [2.45, 2.75) is 31.7 Å². The molecule has 0 radical (unpaired) electrons. The van der Waals surface area contributed by atoms with Crippen LogP contribution in [0.1, 0.15) is 37.0 Å². The van der Waals surface area contributed by atoms with Gasteiger partial charge in [-0.05, 0) is 44.1 Å². The van der Waals surface area contributed by atoms with Crippen LogP contribution < -0.4 is 10.6 Å². The molecule has 2 aromatic carbocycles. The standard InChI is InChI=1S/C25H30FN5O/c1-17(19-9-10-21(22(26)15-19)18-7-5-4-6-8-18)24-23(25(28-16-27)29-32-24)31-13-11-20(12-14-31)30(2)3/h4-10,15-17,20H,11-14H2,1-3H3,(H2,27,28,29). The molecule has 32 heavy (non-hydrogen) atoms. The molecule has 1 atom stereocenters. The highest BCUT2D eigenvalue weighted by molar-refractivity contribution is 5.72. The lowest BCUT2D eigenvalue weighted by Gasteiger charge is -2.36. The third-order valence-corrected chi connectivity index (χ3v) is 6.35. The number of hydrogen-bond acceptors (Lipinski definition) is 5. The monoisotopic (exact) mass is 435 g/mol.